The quantitative estimate of drug-likeness (QED) is 0.369. The standard InChI is InChI=1S/C30H35F2N5OS/c31-26-9-5-23(6-10-26)28(24-7-11-27(32)12-8-24)37-19-17-36(18-20-37)16-2-1-14-34-29(38)30(35-15-21-39-30)25-4-3-13-33-22-25/h3-13,22,28,35H,1-2,14-21H2,(H,34,38)/t30-/m1/s1. The Labute approximate surface area is 233 Å². The summed E-state index contributed by atoms with van der Waals surface area (Å²) in [6.45, 7) is 6.00. The van der Waals surface area contributed by atoms with Crippen LogP contribution in [0.15, 0.2) is 73.1 Å². The van der Waals surface area contributed by atoms with Gasteiger partial charge in [-0.25, -0.2) is 8.78 Å². The average Bonchev–Trinajstić information content (AvgIpc) is 3.48. The number of hydrogen-bond acceptors (Lipinski definition) is 6. The molecule has 2 saturated heterocycles. The number of amides is 1. The number of halogens is 2. The molecule has 2 aliphatic heterocycles. The minimum atomic E-state index is -0.754. The Morgan fingerprint density at radius 2 is 1.64 bits per heavy atom. The van der Waals surface area contributed by atoms with Crippen molar-refractivity contribution in [2.45, 2.75) is 23.8 Å². The third kappa shape index (κ3) is 6.66. The first kappa shape index (κ1) is 27.7. The largest absolute Gasteiger partial charge is 0.353 e. The van der Waals surface area contributed by atoms with Crippen LogP contribution in [0, 0.1) is 11.6 Å². The number of benzene rings is 2. The summed E-state index contributed by atoms with van der Waals surface area (Å²) in [7, 11) is 0. The predicted octanol–water partition coefficient (Wildman–Crippen LogP) is 4.15. The Hall–Kier alpha value is -2.85. The number of hydrogen-bond donors (Lipinski definition) is 2. The summed E-state index contributed by atoms with van der Waals surface area (Å²) in [5, 5.41) is 6.52. The van der Waals surface area contributed by atoms with Gasteiger partial charge in [0.25, 0.3) is 5.91 Å². The van der Waals surface area contributed by atoms with Crippen molar-refractivity contribution in [2.75, 3.05) is 51.6 Å². The molecule has 206 valence electrons. The molecule has 1 amide bonds. The van der Waals surface area contributed by atoms with Gasteiger partial charge in [0, 0.05) is 63.0 Å². The van der Waals surface area contributed by atoms with Gasteiger partial charge in [0.05, 0.1) is 6.04 Å². The summed E-state index contributed by atoms with van der Waals surface area (Å²) < 4.78 is 27.2. The van der Waals surface area contributed by atoms with E-state index in [0.717, 1.165) is 74.6 Å². The van der Waals surface area contributed by atoms with Gasteiger partial charge < -0.3 is 10.2 Å². The lowest BCUT2D eigenvalue weighted by atomic mass is 9.96. The normalized spacial score (nSPS) is 20.4. The van der Waals surface area contributed by atoms with E-state index >= 15 is 0 Å². The Morgan fingerprint density at radius 3 is 2.21 bits per heavy atom. The number of aromatic nitrogens is 1. The first-order valence-corrected chi connectivity index (χ1v) is 14.6. The van der Waals surface area contributed by atoms with Gasteiger partial charge >= 0.3 is 0 Å². The first-order valence-electron chi connectivity index (χ1n) is 13.6. The van der Waals surface area contributed by atoms with Gasteiger partial charge in [0.15, 0.2) is 4.87 Å². The van der Waals surface area contributed by atoms with Crippen LogP contribution < -0.4 is 10.6 Å². The number of carbonyl (C=O) groups is 1. The highest BCUT2D eigenvalue weighted by Crippen LogP contribution is 2.37. The molecule has 2 aromatic carbocycles. The number of nitrogens with one attached hydrogen (secondary N) is 2. The number of unbranched alkanes of at least 4 members (excludes halogenated alkanes) is 1. The van der Waals surface area contributed by atoms with Crippen LogP contribution in [-0.4, -0.2) is 72.3 Å². The molecule has 0 aliphatic carbocycles. The van der Waals surface area contributed by atoms with Gasteiger partial charge in [-0.2, -0.15) is 0 Å². The zero-order valence-electron chi connectivity index (χ0n) is 22.0. The maximum atomic E-state index is 13.6. The molecule has 2 aliphatic rings. The van der Waals surface area contributed by atoms with Gasteiger partial charge in [0.2, 0.25) is 0 Å². The molecular weight excluding hydrogens is 516 g/mol. The smallest absolute Gasteiger partial charge is 0.255 e. The van der Waals surface area contributed by atoms with Crippen molar-refractivity contribution in [3.05, 3.63) is 101 Å². The van der Waals surface area contributed by atoms with Crippen molar-refractivity contribution in [3.63, 3.8) is 0 Å². The lowest BCUT2D eigenvalue weighted by Crippen LogP contribution is -2.49. The molecule has 0 spiro atoms. The third-order valence-corrected chi connectivity index (χ3v) is 8.92. The molecule has 0 saturated carbocycles. The second-order valence-corrected chi connectivity index (χ2v) is 11.4. The minimum absolute atomic E-state index is 0.000701. The van der Waals surface area contributed by atoms with Crippen LogP contribution in [0.4, 0.5) is 8.78 Å². The van der Waals surface area contributed by atoms with E-state index in [1.165, 1.54) is 24.3 Å². The summed E-state index contributed by atoms with van der Waals surface area (Å²) in [5.74, 6) is 0.364. The van der Waals surface area contributed by atoms with Crippen molar-refractivity contribution in [1.82, 2.24) is 25.4 Å². The molecule has 2 N–H and O–H groups in total. The number of rotatable bonds is 10. The van der Waals surface area contributed by atoms with E-state index in [9.17, 15) is 13.6 Å². The molecule has 1 aromatic heterocycles. The Morgan fingerprint density at radius 1 is 0.974 bits per heavy atom. The van der Waals surface area contributed by atoms with E-state index in [1.807, 2.05) is 36.4 Å². The molecule has 0 unspecified atom stereocenters. The summed E-state index contributed by atoms with van der Waals surface area (Å²) in [4.78, 5) is 21.4. The first-order chi connectivity index (χ1) is 19.0. The molecule has 0 bridgehead atoms. The molecule has 5 rings (SSSR count). The van der Waals surface area contributed by atoms with Crippen LogP contribution in [0.3, 0.4) is 0 Å². The highest BCUT2D eigenvalue weighted by molar-refractivity contribution is 8.01. The highest BCUT2D eigenvalue weighted by atomic mass is 32.2. The Balaban J connectivity index is 1.09. The van der Waals surface area contributed by atoms with Crippen LogP contribution in [0.2, 0.25) is 0 Å². The van der Waals surface area contributed by atoms with Crippen molar-refractivity contribution in [1.29, 1.82) is 0 Å². The fourth-order valence-electron chi connectivity index (χ4n) is 5.45. The number of piperazine rings is 1. The van der Waals surface area contributed by atoms with Crippen molar-refractivity contribution >= 4 is 17.7 Å². The lowest BCUT2D eigenvalue weighted by molar-refractivity contribution is -0.124. The second-order valence-electron chi connectivity index (χ2n) is 10.0. The van der Waals surface area contributed by atoms with E-state index in [0.29, 0.717) is 6.54 Å². The average molecular weight is 552 g/mol. The van der Waals surface area contributed by atoms with Crippen LogP contribution in [0.1, 0.15) is 35.6 Å². The predicted molar refractivity (Wildman–Crippen MR) is 151 cm³/mol. The van der Waals surface area contributed by atoms with Gasteiger partial charge in [0.1, 0.15) is 11.6 Å². The van der Waals surface area contributed by atoms with Crippen LogP contribution in [0.25, 0.3) is 0 Å². The van der Waals surface area contributed by atoms with Gasteiger partial charge in [-0.3, -0.25) is 20.0 Å². The molecule has 6 nitrogen and oxygen atoms in total. The Kier molecular flexibility index (Phi) is 9.24. The van der Waals surface area contributed by atoms with E-state index < -0.39 is 4.87 Å². The summed E-state index contributed by atoms with van der Waals surface area (Å²) in [6.07, 6.45) is 5.40. The van der Waals surface area contributed by atoms with E-state index in [2.05, 4.69) is 25.4 Å². The molecule has 3 heterocycles. The van der Waals surface area contributed by atoms with Gasteiger partial charge in [-0.15, -0.1) is 11.8 Å². The number of pyridine rings is 1. The fourth-order valence-corrected chi connectivity index (χ4v) is 6.66. The number of thioether (sulfide) groups is 1. The summed E-state index contributed by atoms with van der Waals surface area (Å²) >= 11 is 1.62. The molecule has 1 atom stereocenters. The van der Waals surface area contributed by atoms with Crippen LogP contribution in [-0.2, 0) is 9.67 Å². The molecule has 9 heteroatoms. The molecule has 39 heavy (non-hydrogen) atoms. The van der Waals surface area contributed by atoms with E-state index in [-0.39, 0.29) is 23.6 Å². The molecule has 3 aromatic rings. The van der Waals surface area contributed by atoms with E-state index in [4.69, 9.17) is 0 Å². The monoisotopic (exact) mass is 551 g/mol. The summed E-state index contributed by atoms with van der Waals surface area (Å²) in [6, 6.07) is 17.0. The molecule has 0 radical (unpaired) electrons. The SMILES string of the molecule is O=C(NCCCCN1CCN(C(c2ccc(F)cc2)c2ccc(F)cc2)CC1)[C@]1(c2cccnc2)NCCS1. The van der Waals surface area contributed by atoms with Crippen LogP contribution in [0.5, 0.6) is 0 Å². The lowest BCUT2D eigenvalue weighted by Gasteiger charge is -2.40. The maximum absolute atomic E-state index is 13.6. The second kappa shape index (κ2) is 13.0. The zero-order chi connectivity index (χ0) is 27.1. The van der Waals surface area contributed by atoms with Gasteiger partial charge in [-0.1, -0.05) is 30.3 Å². The third-order valence-electron chi connectivity index (χ3n) is 7.51. The molecule has 2 fully saturated rings. The van der Waals surface area contributed by atoms with Crippen molar-refractivity contribution in [2.24, 2.45) is 0 Å². The number of nitrogens with zero attached hydrogens (tertiary/aromatic N) is 3. The van der Waals surface area contributed by atoms with E-state index in [1.54, 1.807) is 24.2 Å². The Bertz CT molecular complexity index is 1150. The van der Waals surface area contributed by atoms with Gasteiger partial charge in [-0.05, 0) is 60.8 Å². The highest BCUT2D eigenvalue weighted by Gasteiger charge is 2.43. The van der Waals surface area contributed by atoms with Crippen molar-refractivity contribution in [3.8, 4) is 0 Å². The maximum Gasteiger partial charge on any atom is 0.255 e. The van der Waals surface area contributed by atoms with Crippen LogP contribution >= 0.6 is 11.8 Å². The minimum Gasteiger partial charge on any atom is -0.353 e. The topological polar surface area (TPSA) is 60.5 Å². The summed E-state index contributed by atoms with van der Waals surface area (Å²) in [5.41, 5.74) is 2.90. The zero-order valence-corrected chi connectivity index (χ0v) is 22.8. The fraction of sp³-hybridized carbons (Fsp3) is 0.400. The molecular formula is C30H35F2N5OS. The van der Waals surface area contributed by atoms with Crippen molar-refractivity contribution < 1.29 is 13.6 Å². The number of carbonyl (C=O) groups excluding carboxylic acids is 1.